The summed E-state index contributed by atoms with van der Waals surface area (Å²) in [6.45, 7) is 4.67. The summed E-state index contributed by atoms with van der Waals surface area (Å²) in [5, 5.41) is 5.15. The van der Waals surface area contributed by atoms with Crippen molar-refractivity contribution in [1.29, 1.82) is 0 Å². The Morgan fingerprint density at radius 3 is 2.48 bits per heavy atom. The van der Waals surface area contributed by atoms with Crippen molar-refractivity contribution < 1.29 is 22.8 Å². The first-order valence-corrected chi connectivity index (χ1v) is 12.1. The van der Waals surface area contributed by atoms with Crippen LogP contribution in [0.2, 0.25) is 0 Å². The molecule has 2 saturated heterocycles. The van der Waals surface area contributed by atoms with Crippen LogP contribution in [0.25, 0.3) is 0 Å². The number of carbonyl (C=O) groups is 2. The number of hydrogen-bond acceptors (Lipinski definition) is 5. The average molecular weight is 481 g/mol. The standard InChI is InChI=1S/C23H27F3N4O2S/c1-2-20(31)30-11-7-15(8-12-30)22-28-18(14-33-22)21(32)27-17-13-16(23(24,25)26)5-6-19(17)29-9-3-4-10-29/h5-6,13-15H,2-4,7-12H2,1H3,(H,27,32). The van der Waals surface area contributed by atoms with Gasteiger partial charge < -0.3 is 15.1 Å². The van der Waals surface area contributed by atoms with Gasteiger partial charge in [-0.05, 0) is 43.9 Å². The van der Waals surface area contributed by atoms with Gasteiger partial charge in [-0.3, -0.25) is 9.59 Å². The number of rotatable bonds is 5. The molecule has 2 fully saturated rings. The molecule has 2 amide bonds. The second-order valence-electron chi connectivity index (χ2n) is 8.46. The fraction of sp³-hybridized carbons (Fsp3) is 0.522. The molecule has 0 unspecified atom stereocenters. The highest BCUT2D eigenvalue weighted by atomic mass is 32.1. The quantitative estimate of drug-likeness (QED) is 0.644. The number of nitrogens with one attached hydrogen (secondary N) is 1. The zero-order valence-corrected chi connectivity index (χ0v) is 19.3. The molecule has 1 aromatic heterocycles. The Bertz CT molecular complexity index is 1010. The van der Waals surface area contributed by atoms with E-state index in [2.05, 4.69) is 10.3 Å². The maximum atomic E-state index is 13.3. The third kappa shape index (κ3) is 5.31. The Hall–Kier alpha value is -2.62. The summed E-state index contributed by atoms with van der Waals surface area (Å²) in [5.74, 6) is -0.204. The predicted molar refractivity (Wildman–Crippen MR) is 122 cm³/mol. The molecule has 4 rings (SSSR count). The van der Waals surface area contributed by atoms with Gasteiger partial charge in [0.05, 0.1) is 21.9 Å². The Morgan fingerprint density at radius 1 is 1.15 bits per heavy atom. The van der Waals surface area contributed by atoms with Gasteiger partial charge >= 0.3 is 6.18 Å². The average Bonchev–Trinajstić information content (AvgIpc) is 3.50. The van der Waals surface area contributed by atoms with Crippen molar-refractivity contribution in [2.45, 2.75) is 51.1 Å². The van der Waals surface area contributed by atoms with Crippen LogP contribution in [0, 0.1) is 0 Å². The van der Waals surface area contributed by atoms with E-state index in [1.54, 1.807) is 5.38 Å². The Kier molecular flexibility index (Phi) is 6.92. The lowest BCUT2D eigenvalue weighted by molar-refractivity contribution is -0.137. The lowest BCUT2D eigenvalue weighted by atomic mass is 9.97. The van der Waals surface area contributed by atoms with Crippen LogP contribution in [0.1, 0.15) is 66.0 Å². The summed E-state index contributed by atoms with van der Waals surface area (Å²) in [5.41, 5.74) is 0.148. The molecule has 0 radical (unpaired) electrons. The summed E-state index contributed by atoms with van der Waals surface area (Å²) in [4.78, 5) is 33.1. The van der Waals surface area contributed by atoms with Gasteiger partial charge in [-0.1, -0.05) is 6.92 Å². The summed E-state index contributed by atoms with van der Waals surface area (Å²) < 4.78 is 39.9. The number of thiazole rings is 1. The van der Waals surface area contributed by atoms with E-state index < -0.39 is 17.6 Å². The molecule has 0 spiro atoms. The molecule has 178 valence electrons. The van der Waals surface area contributed by atoms with Crippen LogP contribution >= 0.6 is 11.3 Å². The number of nitrogens with zero attached hydrogens (tertiary/aromatic N) is 3. The third-order valence-corrected chi connectivity index (χ3v) is 7.28. The minimum atomic E-state index is -4.50. The predicted octanol–water partition coefficient (Wildman–Crippen LogP) is 5.13. The highest BCUT2D eigenvalue weighted by Crippen LogP contribution is 2.37. The highest BCUT2D eigenvalue weighted by Gasteiger charge is 2.32. The maximum absolute atomic E-state index is 13.3. The molecule has 2 aliphatic rings. The number of carbonyl (C=O) groups excluding carboxylic acids is 2. The molecule has 0 aliphatic carbocycles. The number of benzene rings is 1. The molecular formula is C23H27F3N4O2S. The summed E-state index contributed by atoms with van der Waals surface area (Å²) >= 11 is 1.38. The van der Waals surface area contributed by atoms with E-state index in [-0.39, 0.29) is 23.2 Å². The van der Waals surface area contributed by atoms with Crippen molar-refractivity contribution in [1.82, 2.24) is 9.88 Å². The largest absolute Gasteiger partial charge is 0.416 e. The molecule has 0 saturated carbocycles. The number of amides is 2. The minimum absolute atomic E-state index is 0.141. The molecule has 33 heavy (non-hydrogen) atoms. The molecule has 6 nitrogen and oxygen atoms in total. The van der Waals surface area contributed by atoms with E-state index in [4.69, 9.17) is 0 Å². The molecule has 10 heteroatoms. The van der Waals surface area contributed by atoms with Gasteiger partial charge in [-0.25, -0.2) is 4.98 Å². The summed E-state index contributed by atoms with van der Waals surface area (Å²) in [6.07, 6.45) is -0.509. The maximum Gasteiger partial charge on any atom is 0.416 e. The molecule has 3 heterocycles. The zero-order valence-electron chi connectivity index (χ0n) is 18.5. The smallest absolute Gasteiger partial charge is 0.370 e. The normalized spacial score (nSPS) is 17.5. The molecule has 0 atom stereocenters. The van der Waals surface area contributed by atoms with Crippen molar-refractivity contribution in [3.05, 3.63) is 39.8 Å². The van der Waals surface area contributed by atoms with Crippen molar-refractivity contribution in [3.63, 3.8) is 0 Å². The monoisotopic (exact) mass is 480 g/mol. The van der Waals surface area contributed by atoms with Crippen molar-refractivity contribution >= 4 is 34.5 Å². The van der Waals surface area contributed by atoms with Crippen LogP contribution < -0.4 is 10.2 Å². The third-order valence-electron chi connectivity index (χ3n) is 6.27. The second kappa shape index (κ2) is 9.70. The topological polar surface area (TPSA) is 65.5 Å². The van der Waals surface area contributed by atoms with Gasteiger partial charge in [-0.15, -0.1) is 11.3 Å². The summed E-state index contributed by atoms with van der Waals surface area (Å²) in [7, 11) is 0. The molecule has 1 N–H and O–H groups in total. The van der Waals surface area contributed by atoms with Crippen LogP contribution in [0.5, 0.6) is 0 Å². The van der Waals surface area contributed by atoms with E-state index in [1.165, 1.54) is 17.4 Å². The molecule has 0 bridgehead atoms. The van der Waals surface area contributed by atoms with E-state index in [1.807, 2.05) is 16.7 Å². The van der Waals surface area contributed by atoms with Crippen LogP contribution in [0.15, 0.2) is 23.6 Å². The SMILES string of the molecule is CCC(=O)N1CCC(c2nc(C(=O)Nc3cc(C(F)(F)F)ccc3N3CCCC3)cs2)CC1. The Morgan fingerprint density at radius 2 is 1.85 bits per heavy atom. The number of likely N-dealkylation sites (tertiary alicyclic amines) is 1. The second-order valence-corrected chi connectivity index (χ2v) is 9.35. The van der Waals surface area contributed by atoms with Crippen molar-refractivity contribution in [2.24, 2.45) is 0 Å². The molecule has 2 aliphatic heterocycles. The van der Waals surface area contributed by atoms with Crippen molar-refractivity contribution in [2.75, 3.05) is 36.4 Å². The van der Waals surface area contributed by atoms with E-state index >= 15 is 0 Å². The van der Waals surface area contributed by atoms with Gasteiger partial charge in [0, 0.05) is 43.9 Å². The van der Waals surface area contributed by atoms with Gasteiger partial charge in [0.2, 0.25) is 5.91 Å². The lowest BCUT2D eigenvalue weighted by Gasteiger charge is -2.30. The number of hydrogen-bond donors (Lipinski definition) is 1. The number of alkyl halides is 3. The van der Waals surface area contributed by atoms with Gasteiger partial charge in [0.15, 0.2) is 0 Å². The van der Waals surface area contributed by atoms with Crippen LogP contribution in [0.3, 0.4) is 0 Å². The minimum Gasteiger partial charge on any atom is -0.370 e. The first kappa shape index (κ1) is 23.5. The molecular weight excluding hydrogens is 453 g/mol. The first-order chi connectivity index (χ1) is 15.8. The van der Waals surface area contributed by atoms with Crippen molar-refractivity contribution in [3.8, 4) is 0 Å². The zero-order chi connectivity index (χ0) is 23.6. The fourth-order valence-corrected chi connectivity index (χ4v) is 5.38. The molecule has 2 aromatic rings. The van der Waals surface area contributed by atoms with Crippen LogP contribution in [0.4, 0.5) is 24.5 Å². The van der Waals surface area contributed by atoms with Gasteiger partial charge in [-0.2, -0.15) is 13.2 Å². The number of anilines is 2. The lowest BCUT2D eigenvalue weighted by Crippen LogP contribution is -2.37. The highest BCUT2D eigenvalue weighted by molar-refractivity contribution is 7.10. The summed E-state index contributed by atoms with van der Waals surface area (Å²) in [6, 6.07) is 3.49. The Balaban J connectivity index is 1.48. The number of aromatic nitrogens is 1. The number of piperidine rings is 1. The van der Waals surface area contributed by atoms with Gasteiger partial charge in [0.1, 0.15) is 5.69 Å². The van der Waals surface area contributed by atoms with Gasteiger partial charge in [0.25, 0.3) is 5.91 Å². The fourth-order valence-electron chi connectivity index (χ4n) is 4.41. The van der Waals surface area contributed by atoms with E-state index in [0.29, 0.717) is 25.2 Å². The van der Waals surface area contributed by atoms with Crippen LogP contribution in [-0.4, -0.2) is 47.9 Å². The number of halogens is 3. The van der Waals surface area contributed by atoms with E-state index in [0.717, 1.165) is 55.9 Å². The van der Waals surface area contributed by atoms with Crippen LogP contribution in [-0.2, 0) is 11.0 Å². The molecule has 1 aromatic carbocycles. The van der Waals surface area contributed by atoms with E-state index in [9.17, 15) is 22.8 Å². The first-order valence-electron chi connectivity index (χ1n) is 11.3. The Labute approximate surface area is 194 Å².